The maximum absolute atomic E-state index is 13.4. The summed E-state index contributed by atoms with van der Waals surface area (Å²) in [6.45, 7) is 3.71. The predicted molar refractivity (Wildman–Crippen MR) is 103 cm³/mol. The Morgan fingerprint density at radius 1 is 0.852 bits per heavy atom. The summed E-state index contributed by atoms with van der Waals surface area (Å²) in [5.41, 5.74) is 3.21. The average molecular weight is 357 g/mol. The van der Waals surface area contributed by atoms with Crippen LogP contribution in [-0.2, 0) is 6.42 Å². The van der Waals surface area contributed by atoms with Crippen LogP contribution in [0, 0.1) is 0 Å². The summed E-state index contributed by atoms with van der Waals surface area (Å²) < 4.78 is 1.80. The molecule has 0 aliphatic heterocycles. The molecule has 1 aliphatic carbocycles. The number of Topliss-reactive ketones (excluding diaryl/α,β-unsaturated/α-hetero) is 1. The molecule has 1 aromatic heterocycles. The molecule has 0 atom stereocenters. The molecule has 0 radical (unpaired) electrons. The van der Waals surface area contributed by atoms with Crippen molar-refractivity contribution < 1.29 is 14.4 Å². The second-order valence-corrected chi connectivity index (χ2v) is 6.55. The summed E-state index contributed by atoms with van der Waals surface area (Å²) >= 11 is 0. The van der Waals surface area contributed by atoms with Gasteiger partial charge in [-0.2, -0.15) is 0 Å². The van der Waals surface area contributed by atoms with Crippen LogP contribution >= 0.6 is 0 Å². The topological polar surface area (TPSA) is 56.1 Å². The fourth-order valence-electron chi connectivity index (χ4n) is 3.87. The van der Waals surface area contributed by atoms with Crippen molar-refractivity contribution in [3.8, 4) is 5.69 Å². The summed E-state index contributed by atoms with van der Waals surface area (Å²) in [4.78, 5) is 39.4. The summed E-state index contributed by atoms with van der Waals surface area (Å²) in [5, 5.41) is 0. The van der Waals surface area contributed by atoms with E-state index in [4.69, 9.17) is 0 Å². The molecule has 4 rings (SSSR count). The fourth-order valence-corrected chi connectivity index (χ4v) is 3.87. The van der Waals surface area contributed by atoms with Crippen LogP contribution in [0.4, 0.5) is 0 Å². The third-order valence-corrected chi connectivity index (χ3v) is 5.08. The minimum atomic E-state index is -0.249. The lowest BCUT2D eigenvalue weighted by Crippen LogP contribution is -2.23. The monoisotopic (exact) mass is 357 g/mol. The van der Waals surface area contributed by atoms with Crippen LogP contribution in [0.3, 0.4) is 0 Å². The maximum Gasteiger partial charge on any atom is 0.211 e. The molecule has 0 unspecified atom stereocenters. The van der Waals surface area contributed by atoms with Gasteiger partial charge in [-0.3, -0.25) is 14.4 Å². The number of hydrogen-bond donors (Lipinski definition) is 0. The van der Waals surface area contributed by atoms with Crippen LogP contribution in [0.1, 0.15) is 68.3 Å². The number of para-hydroxylation sites is 1. The van der Waals surface area contributed by atoms with Gasteiger partial charge in [0.05, 0.1) is 11.1 Å². The van der Waals surface area contributed by atoms with Crippen molar-refractivity contribution in [2.24, 2.45) is 0 Å². The van der Waals surface area contributed by atoms with Crippen molar-refractivity contribution in [2.75, 3.05) is 0 Å². The van der Waals surface area contributed by atoms with Gasteiger partial charge in [0.1, 0.15) is 5.69 Å². The van der Waals surface area contributed by atoms with Crippen LogP contribution in [0.25, 0.3) is 5.69 Å². The van der Waals surface area contributed by atoms with Crippen molar-refractivity contribution in [1.82, 2.24) is 4.57 Å². The molecule has 27 heavy (non-hydrogen) atoms. The number of ketones is 3. The molecule has 0 saturated carbocycles. The van der Waals surface area contributed by atoms with Crippen LogP contribution in [0.2, 0.25) is 0 Å². The summed E-state index contributed by atoms with van der Waals surface area (Å²) in [6.07, 6.45) is 0.821. The first-order valence-corrected chi connectivity index (χ1v) is 9.14. The Morgan fingerprint density at radius 2 is 1.44 bits per heavy atom. The minimum absolute atomic E-state index is 0.113. The van der Waals surface area contributed by atoms with E-state index in [0.29, 0.717) is 34.5 Å². The first-order valence-electron chi connectivity index (χ1n) is 9.14. The highest BCUT2D eigenvalue weighted by Crippen LogP contribution is 2.36. The normalized spacial score (nSPS) is 12.7. The molecule has 0 saturated heterocycles. The van der Waals surface area contributed by atoms with Gasteiger partial charge < -0.3 is 4.57 Å². The molecule has 0 spiro atoms. The minimum Gasteiger partial charge on any atom is -0.309 e. The van der Waals surface area contributed by atoms with E-state index in [-0.39, 0.29) is 29.3 Å². The predicted octanol–water partition coefficient (Wildman–Crippen LogP) is 4.41. The molecular weight excluding hydrogens is 338 g/mol. The largest absolute Gasteiger partial charge is 0.309 e. The van der Waals surface area contributed by atoms with Crippen LogP contribution < -0.4 is 0 Å². The molecule has 0 fully saturated rings. The van der Waals surface area contributed by atoms with E-state index in [9.17, 15) is 14.4 Å². The molecule has 0 amide bonds. The Hall–Kier alpha value is -3.27. The number of carbonyl (C=O) groups excluding carboxylic acids is 3. The lowest BCUT2D eigenvalue weighted by molar-refractivity contribution is 0.0960. The van der Waals surface area contributed by atoms with E-state index >= 15 is 0 Å². The van der Waals surface area contributed by atoms with Gasteiger partial charge in [-0.05, 0) is 18.6 Å². The van der Waals surface area contributed by atoms with Gasteiger partial charge in [-0.25, -0.2) is 0 Å². The van der Waals surface area contributed by atoms with Gasteiger partial charge in [-0.1, -0.05) is 56.3 Å². The zero-order chi connectivity index (χ0) is 19.1. The molecule has 2 aromatic carbocycles. The van der Waals surface area contributed by atoms with E-state index in [1.54, 1.807) is 35.8 Å². The molecular formula is C23H19NO3. The maximum atomic E-state index is 13.4. The van der Waals surface area contributed by atoms with E-state index in [2.05, 4.69) is 0 Å². The Morgan fingerprint density at radius 3 is 2.04 bits per heavy atom. The molecule has 0 N–H and O–H groups in total. The van der Waals surface area contributed by atoms with Gasteiger partial charge in [0.15, 0.2) is 11.6 Å². The smallest absolute Gasteiger partial charge is 0.211 e. The Labute approximate surface area is 157 Å². The summed E-state index contributed by atoms with van der Waals surface area (Å²) in [7, 11) is 0. The highest BCUT2D eigenvalue weighted by Gasteiger charge is 2.39. The number of nitrogens with zero attached hydrogens (tertiary/aromatic N) is 1. The molecule has 0 bridgehead atoms. The fraction of sp³-hybridized carbons (Fsp3) is 0.174. The lowest BCUT2D eigenvalue weighted by atomic mass is 9.85. The van der Waals surface area contributed by atoms with Crippen LogP contribution in [-0.4, -0.2) is 21.9 Å². The zero-order valence-corrected chi connectivity index (χ0v) is 15.3. The zero-order valence-electron chi connectivity index (χ0n) is 15.3. The molecule has 4 nitrogen and oxygen atoms in total. The summed E-state index contributed by atoms with van der Waals surface area (Å²) in [6, 6.07) is 16.3. The Kier molecular flexibility index (Phi) is 4.11. The molecule has 134 valence electrons. The van der Waals surface area contributed by atoms with E-state index in [1.165, 1.54) is 0 Å². The molecule has 3 aromatic rings. The van der Waals surface area contributed by atoms with Gasteiger partial charge in [0.2, 0.25) is 5.78 Å². The van der Waals surface area contributed by atoms with Crippen LogP contribution in [0.15, 0.2) is 54.6 Å². The first-order chi connectivity index (χ1) is 13.1. The quantitative estimate of drug-likeness (QED) is 0.509. The second-order valence-electron chi connectivity index (χ2n) is 6.55. The summed E-state index contributed by atoms with van der Waals surface area (Å²) in [5.74, 6) is -0.575. The SMILES string of the molecule is CCC(=O)c1c2c(n(-c3ccccc3)c1CC)C(=O)c1ccccc1C2=O. The van der Waals surface area contributed by atoms with Crippen LogP contribution in [0.5, 0.6) is 0 Å². The molecule has 1 aliphatic rings. The number of fused-ring (bicyclic) bond motifs is 2. The van der Waals surface area contributed by atoms with Crippen molar-refractivity contribution in [1.29, 1.82) is 0 Å². The van der Waals surface area contributed by atoms with Gasteiger partial charge in [-0.15, -0.1) is 0 Å². The standard InChI is InChI=1S/C23H19NO3/c1-3-17-19(18(25)4-2)20-21(24(17)14-10-6-5-7-11-14)23(27)16-13-9-8-12-15(16)22(20)26/h5-13H,3-4H2,1-2H3. The number of hydrogen-bond acceptors (Lipinski definition) is 3. The van der Waals surface area contributed by atoms with Gasteiger partial charge >= 0.3 is 0 Å². The number of rotatable bonds is 4. The third kappa shape index (κ3) is 2.40. The van der Waals surface area contributed by atoms with E-state index in [0.717, 1.165) is 5.69 Å². The Balaban J connectivity index is 2.14. The third-order valence-electron chi connectivity index (χ3n) is 5.08. The van der Waals surface area contributed by atoms with Gasteiger partial charge in [0.25, 0.3) is 0 Å². The number of benzene rings is 2. The second kappa shape index (κ2) is 6.47. The number of carbonyl (C=O) groups is 3. The highest BCUT2D eigenvalue weighted by molar-refractivity contribution is 6.31. The van der Waals surface area contributed by atoms with E-state index in [1.807, 2.05) is 37.3 Å². The first kappa shape index (κ1) is 17.2. The Bertz CT molecular complexity index is 1090. The van der Waals surface area contributed by atoms with Crippen molar-refractivity contribution in [3.05, 3.63) is 88.2 Å². The van der Waals surface area contributed by atoms with Crippen molar-refractivity contribution in [3.63, 3.8) is 0 Å². The van der Waals surface area contributed by atoms with Gasteiger partial charge in [0, 0.05) is 28.9 Å². The van der Waals surface area contributed by atoms with Crippen molar-refractivity contribution in [2.45, 2.75) is 26.7 Å². The highest BCUT2D eigenvalue weighted by atomic mass is 16.1. The van der Waals surface area contributed by atoms with E-state index < -0.39 is 0 Å². The molecule has 4 heteroatoms. The average Bonchev–Trinajstić information content (AvgIpc) is 3.07. The lowest BCUT2D eigenvalue weighted by Gasteiger charge is -2.18. The van der Waals surface area contributed by atoms with Crippen molar-refractivity contribution >= 4 is 17.3 Å². The number of aromatic nitrogens is 1. The molecule has 1 heterocycles.